The van der Waals surface area contributed by atoms with Crippen molar-refractivity contribution >= 4 is 5.91 Å². The maximum Gasteiger partial charge on any atom is 0.222 e. The molecule has 1 amide bonds. The summed E-state index contributed by atoms with van der Waals surface area (Å²) in [5.74, 6) is 1.84. The number of benzene rings is 2. The maximum atomic E-state index is 12.7. The molecule has 0 radical (unpaired) electrons. The van der Waals surface area contributed by atoms with Crippen LogP contribution >= 0.6 is 0 Å². The van der Waals surface area contributed by atoms with Crippen molar-refractivity contribution in [2.24, 2.45) is 0 Å². The highest BCUT2D eigenvalue weighted by molar-refractivity contribution is 5.76. The van der Waals surface area contributed by atoms with Crippen molar-refractivity contribution in [2.45, 2.75) is 63.4 Å². The Kier molecular flexibility index (Phi) is 6.31. The largest absolute Gasteiger partial charge is 0.490 e. The van der Waals surface area contributed by atoms with Crippen molar-refractivity contribution in [3.05, 3.63) is 65.7 Å². The van der Waals surface area contributed by atoms with Crippen molar-refractivity contribution in [3.8, 4) is 5.75 Å². The number of amides is 1. The minimum Gasteiger partial charge on any atom is -0.490 e. The van der Waals surface area contributed by atoms with E-state index in [2.05, 4.69) is 53.4 Å². The molecule has 1 saturated heterocycles. The zero-order chi connectivity index (χ0) is 19.2. The molecule has 148 valence electrons. The topological polar surface area (TPSA) is 29.5 Å². The smallest absolute Gasteiger partial charge is 0.222 e. The lowest BCUT2D eigenvalue weighted by atomic mass is 9.89. The Morgan fingerprint density at radius 1 is 0.929 bits per heavy atom. The van der Waals surface area contributed by atoms with Gasteiger partial charge in [0.15, 0.2) is 0 Å². The number of hydrogen-bond acceptors (Lipinski definition) is 2. The van der Waals surface area contributed by atoms with Crippen molar-refractivity contribution < 1.29 is 9.53 Å². The van der Waals surface area contributed by atoms with Crippen LogP contribution in [0.5, 0.6) is 5.75 Å². The first-order valence-electron chi connectivity index (χ1n) is 10.9. The predicted octanol–water partition coefficient (Wildman–Crippen LogP) is 5.35. The van der Waals surface area contributed by atoms with Gasteiger partial charge in [-0.15, -0.1) is 0 Å². The molecular formula is C25H31NO2. The van der Waals surface area contributed by atoms with E-state index in [4.69, 9.17) is 4.74 Å². The lowest BCUT2D eigenvalue weighted by Crippen LogP contribution is -2.38. The lowest BCUT2D eigenvalue weighted by Gasteiger charge is -2.32. The van der Waals surface area contributed by atoms with Gasteiger partial charge >= 0.3 is 0 Å². The fourth-order valence-electron chi connectivity index (χ4n) is 4.57. The lowest BCUT2D eigenvalue weighted by molar-refractivity contribution is -0.132. The van der Waals surface area contributed by atoms with Gasteiger partial charge in [-0.1, -0.05) is 42.5 Å². The third-order valence-corrected chi connectivity index (χ3v) is 6.25. The Balaban J connectivity index is 1.24. The molecule has 1 aliphatic carbocycles. The summed E-state index contributed by atoms with van der Waals surface area (Å²) in [6.07, 6.45) is 8.79. The van der Waals surface area contributed by atoms with Gasteiger partial charge in [0.1, 0.15) is 5.75 Å². The summed E-state index contributed by atoms with van der Waals surface area (Å²) in [7, 11) is 0. The highest BCUT2D eigenvalue weighted by Crippen LogP contribution is 2.28. The second kappa shape index (κ2) is 9.27. The number of carbonyl (C=O) groups is 1. The summed E-state index contributed by atoms with van der Waals surface area (Å²) >= 11 is 0. The minimum absolute atomic E-state index is 0.286. The van der Waals surface area contributed by atoms with Gasteiger partial charge < -0.3 is 9.64 Å². The molecule has 3 nitrogen and oxygen atoms in total. The second-order valence-corrected chi connectivity index (χ2v) is 8.24. The van der Waals surface area contributed by atoms with Gasteiger partial charge in [0.05, 0.1) is 6.10 Å². The van der Waals surface area contributed by atoms with Crippen molar-refractivity contribution in [2.75, 3.05) is 13.1 Å². The average Bonchev–Trinajstić information content (AvgIpc) is 3.26. The highest BCUT2D eigenvalue weighted by Gasteiger charge is 2.23. The molecule has 1 saturated carbocycles. The van der Waals surface area contributed by atoms with Gasteiger partial charge in [0, 0.05) is 19.5 Å². The molecule has 2 aliphatic rings. The van der Waals surface area contributed by atoms with Gasteiger partial charge in [-0.25, -0.2) is 0 Å². The molecule has 1 heterocycles. The Morgan fingerprint density at radius 3 is 2.43 bits per heavy atom. The van der Waals surface area contributed by atoms with E-state index in [0.717, 1.165) is 38.1 Å². The van der Waals surface area contributed by atoms with Crippen LogP contribution in [0.4, 0.5) is 0 Å². The molecule has 2 aromatic carbocycles. The summed E-state index contributed by atoms with van der Waals surface area (Å²) in [5, 5.41) is 0. The summed E-state index contributed by atoms with van der Waals surface area (Å²) < 4.78 is 6.10. The molecule has 0 N–H and O–H groups in total. The number of rotatable bonds is 6. The third-order valence-electron chi connectivity index (χ3n) is 6.25. The number of likely N-dealkylation sites (tertiary alicyclic amines) is 1. The molecule has 0 bridgehead atoms. The number of aryl methyl sites for hydroxylation is 1. The second-order valence-electron chi connectivity index (χ2n) is 8.24. The SMILES string of the molecule is O=C(CCc1cccc(OC2CCCC2)c1)N1CCC(c2ccccc2)CC1. The quantitative estimate of drug-likeness (QED) is 0.679. The van der Waals surface area contributed by atoms with Crippen LogP contribution in [0.2, 0.25) is 0 Å². The summed E-state index contributed by atoms with van der Waals surface area (Å²) in [5.41, 5.74) is 2.61. The zero-order valence-corrected chi connectivity index (χ0v) is 16.7. The fourth-order valence-corrected chi connectivity index (χ4v) is 4.57. The monoisotopic (exact) mass is 377 g/mol. The maximum absolute atomic E-state index is 12.7. The van der Waals surface area contributed by atoms with Gasteiger partial charge in [-0.05, 0) is 74.1 Å². The van der Waals surface area contributed by atoms with Crippen molar-refractivity contribution in [1.29, 1.82) is 0 Å². The van der Waals surface area contributed by atoms with Gasteiger partial charge in [-0.2, -0.15) is 0 Å². The Hall–Kier alpha value is -2.29. The van der Waals surface area contributed by atoms with Crippen LogP contribution in [0.25, 0.3) is 0 Å². The molecule has 1 aliphatic heterocycles. The number of carbonyl (C=O) groups excluding carboxylic acids is 1. The Labute approximate surface area is 168 Å². The van der Waals surface area contributed by atoms with Crippen molar-refractivity contribution in [1.82, 2.24) is 4.90 Å². The number of piperidine rings is 1. The number of hydrogen-bond donors (Lipinski definition) is 0. The minimum atomic E-state index is 0.286. The Bertz CT molecular complexity index is 759. The van der Waals surface area contributed by atoms with Crippen LogP contribution in [0, 0.1) is 0 Å². The molecule has 0 spiro atoms. The predicted molar refractivity (Wildman–Crippen MR) is 113 cm³/mol. The molecule has 28 heavy (non-hydrogen) atoms. The van der Waals surface area contributed by atoms with E-state index >= 15 is 0 Å². The normalized spacial score (nSPS) is 18.4. The van der Waals surface area contributed by atoms with Crippen LogP contribution in [0.15, 0.2) is 54.6 Å². The molecule has 4 rings (SSSR count). The van der Waals surface area contributed by atoms with Gasteiger partial charge in [0.25, 0.3) is 0 Å². The van der Waals surface area contributed by atoms with E-state index < -0.39 is 0 Å². The fraction of sp³-hybridized carbons (Fsp3) is 0.480. The van der Waals surface area contributed by atoms with Crippen molar-refractivity contribution in [3.63, 3.8) is 0 Å². The first kappa shape index (κ1) is 19.0. The van der Waals surface area contributed by atoms with E-state index in [9.17, 15) is 4.79 Å². The van der Waals surface area contributed by atoms with Gasteiger partial charge in [0.2, 0.25) is 5.91 Å². The van der Waals surface area contributed by atoms with E-state index in [0.29, 0.717) is 18.4 Å². The van der Waals surface area contributed by atoms with Crippen LogP contribution in [0.1, 0.15) is 62.0 Å². The molecule has 2 fully saturated rings. The zero-order valence-electron chi connectivity index (χ0n) is 16.7. The van der Waals surface area contributed by atoms with Crippen LogP contribution in [0.3, 0.4) is 0 Å². The number of nitrogens with zero attached hydrogens (tertiary/aromatic N) is 1. The van der Waals surface area contributed by atoms with Gasteiger partial charge in [-0.3, -0.25) is 4.79 Å². The summed E-state index contributed by atoms with van der Waals surface area (Å²) in [4.78, 5) is 14.7. The third kappa shape index (κ3) is 4.95. The summed E-state index contributed by atoms with van der Waals surface area (Å²) in [6.45, 7) is 1.76. The first-order chi connectivity index (χ1) is 13.8. The number of ether oxygens (including phenoxy) is 1. The molecule has 3 heteroatoms. The van der Waals surface area contributed by atoms with E-state index in [1.807, 2.05) is 6.07 Å². The standard InChI is InChI=1S/C25H31NO2/c27-25(26-17-15-22(16-18-26)21-8-2-1-3-9-21)14-13-20-7-6-12-24(19-20)28-23-10-4-5-11-23/h1-3,6-9,12,19,22-23H,4-5,10-11,13-18H2. The van der Waals surface area contributed by atoms with Crippen LogP contribution in [-0.2, 0) is 11.2 Å². The first-order valence-corrected chi connectivity index (χ1v) is 10.9. The Morgan fingerprint density at radius 2 is 1.68 bits per heavy atom. The molecule has 2 aromatic rings. The van der Waals surface area contributed by atoms with E-state index in [-0.39, 0.29) is 5.91 Å². The molecule has 0 aromatic heterocycles. The molecular weight excluding hydrogens is 346 g/mol. The molecule has 0 unspecified atom stereocenters. The van der Waals surface area contributed by atoms with E-state index in [1.54, 1.807) is 0 Å². The summed E-state index contributed by atoms with van der Waals surface area (Å²) in [6, 6.07) is 19.0. The highest BCUT2D eigenvalue weighted by atomic mass is 16.5. The average molecular weight is 378 g/mol. The van der Waals surface area contributed by atoms with E-state index in [1.165, 1.54) is 36.8 Å². The van der Waals surface area contributed by atoms with Crippen LogP contribution in [-0.4, -0.2) is 30.0 Å². The molecule has 0 atom stereocenters. The van der Waals surface area contributed by atoms with Crippen LogP contribution < -0.4 is 4.74 Å².